The van der Waals surface area contributed by atoms with Gasteiger partial charge in [0.15, 0.2) is 8.07 Å². The second kappa shape index (κ2) is 9.09. The lowest BCUT2D eigenvalue weighted by molar-refractivity contribution is 0.00578. The van der Waals surface area contributed by atoms with Gasteiger partial charge >= 0.3 is 7.12 Å². The Balaban J connectivity index is 1.93. The molecule has 0 saturated carbocycles. The molecule has 0 radical (unpaired) electrons. The Morgan fingerprint density at radius 3 is 1.27 bits per heavy atom. The Hall–Kier alpha value is -2.40. The van der Waals surface area contributed by atoms with Gasteiger partial charge in [-0.15, -0.1) is 0 Å². The first-order valence-electron chi connectivity index (χ1n) is 11.9. The van der Waals surface area contributed by atoms with Gasteiger partial charge in [-0.1, -0.05) is 96.6 Å². The summed E-state index contributed by atoms with van der Waals surface area (Å²) in [6, 6.07) is 34.1. The molecule has 0 bridgehead atoms. The maximum absolute atomic E-state index is 6.58. The first-order valence-corrected chi connectivity index (χ1v) is 14.1. The maximum atomic E-state index is 6.58. The van der Waals surface area contributed by atoms with E-state index in [1.165, 1.54) is 26.6 Å². The maximum Gasteiger partial charge on any atom is 0.490 e. The minimum atomic E-state index is -2.43. The van der Waals surface area contributed by atoms with Crippen LogP contribution in [0, 0.1) is 0 Å². The summed E-state index contributed by atoms with van der Waals surface area (Å²) in [6.45, 7) is 12.9. The molecular formula is C29H35BO2Si. The summed E-state index contributed by atoms with van der Waals surface area (Å²) in [5, 5.41) is 4.20. The Bertz CT molecular complexity index is 991. The van der Waals surface area contributed by atoms with E-state index in [4.69, 9.17) is 9.31 Å². The SMILES string of the molecule is CC(C)=C(C[Si](c1ccccc1)(c1ccccc1)c1ccccc1)B1OC(C)(C)C(C)(C)O1. The average molecular weight is 454 g/mol. The fraction of sp³-hybridized carbons (Fsp3) is 0.310. The number of rotatable bonds is 6. The summed E-state index contributed by atoms with van der Waals surface area (Å²) >= 11 is 0. The molecule has 0 unspecified atom stereocenters. The summed E-state index contributed by atoms with van der Waals surface area (Å²) in [7, 11) is -2.77. The minimum Gasteiger partial charge on any atom is -0.400 e. The van der Waals surface area contributed by atoms with E-state index < -0.39 is 8.07 Å². The van der Waals surface area contributed by atoms with E-state index in [9.17, 15) is 0 Å². The first-order chi connectivity index (χ1) is 15.7. The van der Waals surface area contributed by atoms with Crippen LogP contribution in [0.25, 0.3) is 0 Å². The van der Waals surface area contributed by atoms with Gasteiger partial charge in [0, 0.05) is 0 Å². The Labute approximate surface area is 200 Å². The van der Waals surface area contributed by atoms with Gasteiger partial charge in [-0.25, -0.2) is 0 Å². The highest BCUT2D eigenvalue weighted by Crippen LogP contribution is 2.40. The second-order valence-electron chi connectivity index (χ2n) is 10.3. The van der Waals surface area contributed by atoms with Gasteiger partial charge < -0.3 is 9.31 Å². The van der Waals surface area contributed by atoms with Crippen LogP contribution in [0.1, 0.15) is 41.5 Å². The molecule has 170 valence electrons. The van der Waals surface area contributed by atoms with E-state index in [-0.39, 0.29) is 18.3 Å². The molecule has 0 spiro atoms. The zero-order valence-electron chi connectivity index (χ0n) is 20.8. The van der Waals surface area contributed by atoms with Crippen molar-refractivity contribution in [3.63, 3.8) is 0 Å². The zero-order valence-corrected chi connectivity index (χ0v) is 21.8. The van der Waals surface area contributed by atoms with Gasteiger partial charge in [0.2, 0.25) is 0 Å². The molecule has 1 fully saturated rings. The highest BCUT2D eigenvalue weighted by molar-refractivity contribution is 7.12. The third-order valence-corrected chi connectivity index (χ3v) is 12.3. The van der Waals surface area contributed by atoms with E-state index >= 15 is 0 Å². The predicted molar refractivity (Wildman–Crippen MR) is 143 cm³/mol. The monoisotopic (exact) mass is 454 g/mol. The third kappa shape index (κ3) is 4.40. The van der Waals surface area contributed by atoms with Crippen LogP contribution in [0.2, 0.25) is 6.04 Å². The summed E-state index contributed by atoms with van der Waals surface area (Å²) < 4.78 is 13.2. The summed E-state index contributed by atoms with van der Waals surface area (Å²) in [4.78, 5) is 0. The molecule has 4 heteroatoms. The van der Waals surface area contributed by atoms with Crippen molar-refractivity contribution in [2.24, 2.45) is 0 Å². The van der Waals surface area contributed by atoms with E-state index in [0.29, 0.717) is 0 Å². The zero-order chi connectivity index (χ0) is 23.7. The molecule has 3 aromatic rings. The lowest BCUT2D eigenvalue weighted by Gasteiger charge is -2.35. The van der Waals surface area contributed by atoms with Crippen LogP contribution in [-0.2, 0) is 9.31 Å². The summed E-state index contributed by atoms with van der Waals surface area (Å²) in [5.41, 5.74) is 1.80. The van der Waals surface area contributed by atoms with Crippen LogP contribution >= 0.6 is 0 Å². The molecule has 0 N–H and O–H groups in total. The molecule has 4 rings (SSSR count). The smallest absolute Gasteiger partial charge is 0.400 e. The van der Waals surface area contributed by atoms with Crippen molar-refractivity contribution in [2.45, 2.75) is 58.8 Å². The largest absolute Gasteiger partial charge is 0.490 e. The number of hydrogen-bond acceptors (Lipinski definition) is 2. The predicted octanol–water partition coefficient (Wildman–Crippen LogP) is 5.12. The molecule has 3 aromatic carbocycles. The fourth-order valence-corrected chi connectivity index (χ4v) is 9.73. The van der Waals surface area contributed by atoms with E-state index in [0.717, 1.165) is 6.04 Å². The van der Waals surface area contributed by atoms with Crippen molar-refractivity contribution < 1.29 is 9.31 Å². The van der Waals surface area contributed by atoms with Crippen LogP contribution in [0.15, 0.2) is 102 Å². The van der Waals surface area contributed by atoms with Crippen molar-refractivity contribution >= 4 is 30.8 Å². The molecular weight excluding hydrogens is 419 g/mol. The van der Waals surface area contributed by atoms with Gasteiger partial charge in [-0.2, -0.15) is 0 Å². The Morgan fingerprint density at radius 1 is 0.636 bits per heavy atom. The van der Waals surface area contributed by atoms with Crippen LogP contribution in [0.3, 0.4) is 0 Å². The molecule has 0 aliphatic carbocycles. The lowest BCUT2D eigenvalue weighted by Crippen LogP contribution is -2.67. The topological polar surface area (TPSA) is 18.5 Å². The van der Waals surface area contributed by atoms with Crippen molar-refractivity contribution in [3.8, 4) is 0 Å². The molecule has 2 nitrogen and oxygen atoms in total. The van der Waals surface area contributed by atoms with E-state index in [1.807, 2.05) is 0 Å². The van der Waals surface area contributed by atoms with Gasteiger partial charge in [0.1, 0.15) is 0 Å². The van der Waals surface area contributed by atoms with Crippen molar-refractivity contribution in [3.05, 3.63) is 102 Å². The van der Waals surface area contributed by atoms with Crippen LogP contribution in [0.4, 0.5) is 0 Å². The molecule has 0 aromatic heterocycles. The van der Waals surface area contributed by atoms with Gasteiger partial charge in [-0.05, 0) is 68.6 Å². The standard InChI is InChI=1S/C29H35BO2Si/c1-23(2)27(30-31-28(3,4)29(5,6)32-30)22-33(24-16-10-7-11-17-24,25-18-12-8-13-19-25)26-20-14-9-15-21-26/h7-21H,22H2,1-6H3. The molecule has 0 amide bonds. The molecule has 33 heavy (non-hydrogen) atoms. The average Bonchev–Trinajstić information content (AvgIpc) is 3.02. The van der Waals surface area contributed by atoms with Gasteiger partial charge in [0.05, 0.1) is 11.2 Å². The van der Waals surface area contributed by atoms with Crippen molar-refractivity contribution in [1.82, 2.24) is 0 Å². The van der Waals surface area contributed by atoms with Crippen molar-refractivity contribution in [1.29, 1.82) is 0 Å². The molecule has 1 aliphatic heterocycles. The summed E-state index contributed by atoms with van der Waals surface area (Å²) in [6.07, 6.45) is 0. The highest BCUT2D eigenvalue weighted by Gasteiger charge is 2.54. The minimum absolute atomic E-state index is 0.344. The highest BCUT2D eigenvalue weighted by atomic mass is 28.3. The number of hydrogen-bond donors (Lipinski definition) is 0. The normalized spacial score (nSPS) is 17.1. The molecule has 1 heterocycles. The Morgan fingerprint density at radius 2 is 0.970 bits per heavy atom. The number of allylic oxidation sites excluding steroid dienone is 2. The lowest BCUT2D eigenvalue weighted by atomic mass is 9.76. The van der Waals surface area contributed by atoms with Gasteiger partial charge in [-0.3, -0.25) is 0 Å². The van der Waals surface area contributed by atoms with Crippen molar-refractivity contribution in [2.75, 3.05) is 0 Å². The fourth-order valence-electron chi connectivity index (χ4n) is 4.74. The molecule has 1 saturated heterocycles. The van der Waals surface area contributed by atoms with E-state index in [2.05, 4.69) is 133 Å². The molecule has 0 atom stereocenters. The quantitative estimate of drug-likeness (QED) is 0.380. The first kappa shape index (κ1) is 23.7. The molecule has 1 aliphatic rings. The van der Waals surface area contributed by atoms with Crippen LogP contribution < -0.4 is 15.6 Å². The number of benzene rings is 3. The second-order valence-corrected chi connectivity index (χ2v) is 14.2. The van der Waals surface area contributed by atoms with Crippen LogP contribution in [0.5, 0.6) is 0 Å². The van der Waals surface area contributed by atoms with Crippen LogP contribution in [-0.4, -0.2) is 26.4 Å². The Kier molecular flexibility index (Phi) is 6.55. The van der Waals surface area contributed by atoms with Gasteiger partial charge in [0.25, 0.3) is 0 Å². The summed E-state index contributed by atoms with van der Waals surface area (Å²) in [5.74, 6) is 0. The third-order valence-electron chi connectivity index (χ3n) is 7.44. The van der Waals surface area contributed by atoms with E-state index in [1.54, 1.807) is 0 Å².